The van der Waals surface area contributed by atoms with E-state index in [1.54, 1.807) is 0 Å². The number of hydrogen-bond acceptors (Lipinski definition) is 3. The van der Waals surface area contributed by atoms with Crippen LogP contribution in [0.2, 0.25) is 0 Å². The Morgan fingerprint density at radius 2 is 2.05 bits per heavy atom. The molecule has 108 valence electrons. The first-order valence-electron chi connectivity index (χ1n) is 6.50. The number of aromatic nitrogens is 1. The summed E-state index contributed by atoms with van der Waals surface area (Å²) in [7, 11) is 0. The average molecular weight is 428 g/mol. The lowest BCUT2D eigenvalue weighted by atomic mass is 10.1. The highest BCUT2D eigenvalue weighted by molar-refractivity contribution is 9.11. The van der Waals surface area contributed by atoms with Gasteiger partial charge in [-0.2, -0.15) is 0 Å². The molecule has 1 heterocycles. The topological polar surface area (TPSA) is 48.1 Å². The van der Waals surface area contributed by atoms with Crippen LogP contribution in [0.3, 0.4) is 0 Å². The molecule has 3 rings (SSSR count). The minimum atomic E-state index is 0.306. The summed E-state index contributed by atoms with van der Waals surface area (Å²) >= 11 is 12.0. The second-order valence-electron chi connectivity index (χ2n) is 4.84. The summed E-state index contributed by atoms with van der Waals surface area (Å²) in [4.78, 5) is 4.92. The van der Waals surface area contributed by atoms with E-state index in [0.717, 1.165) is 33.9 Å². The molecule has 3 nitrogen and oxygen atoms in total. The number of aryl methyl sites for hydroxylation is 2. The van der Waals surface area contributed by atoms with E-state index in [2.05, 4.69) is 36.8 Å². The number of nitrogens with two attached hydrogens (primary N) is 1. The first kappa shape index (κ1) is 14.9. The monoisotopic (exact) mass is 426 g/mol. The molecule has 0 radical (unpaired) electrons. The maximum Gasteiger partial charge on any atom is 0.229 e. The van der Waals surface area contributed by atoms with E-state index in [1.807, 2.05) is 24.3 Å². The van der Waals surface area contributed by atoms with Gasteiger partial charge in [-0.15, -0.1) is 0 Å². The van der Waals surface area contributed by atoms with E-state index in [9.17, 15) is 0 Å². The van der Waals surface area contributed by atoms with Gasteiger partial charge in [-0.3, -0.25) is 0 Å². The van der Waals surface area contributed by atoms with Crippen LogP contribution in [-0.2, 0) is 12.8 Å². The summed E-state index contributed by atoms with van der Waals surface area (Å²) in [6, 6.07) is 7.71. The molecule has 0 spiro atoms. The van der Waals surface area contributed by atoms with Crippen LogP contribution in [0, 0.1) is 0 Å². The Balaban J connectivity index is 2.03. The quantitative estimate of drug-likeness (QED) is 0.731. The summed E-state index contributed by atoms with van der Waals surface area (Å²) in [6.07, 6.45) is 3.12. The van der Waals surface area contributed by atoms with Crippen LogP contribution >= 0.6 is 44.1 Å². The molecule has 0 atom stereocenters. The van der Waals surface area contributed by atoms with Gasteiger partial charge in [0, 0.05) is 10.2 Å². The molecule has 1 aliphatic rings. The SMILES string of the molecule is NC(=S)c1cc2c(nc1Oc1ccc(Br)cc1Br)CCC2. The Kier molecular flexibility index (Phi) is 4.28. The third kappa shape index (κ3) is 3.12. The average Bonchev–Trinajstić information content (AvgIpc) is 2.88. The van der Waals surface area contributed by atoms with Crippen molar-refractivity contribution in [1.82, 2.24) is 4.98 Å². The fourth-order valence-corrected chi connectivity index (χ4v) is 3.64. The van der Waals surface area contributed by atoms with Gasteiger partial charge in [0.15, 0.2) is 0 Å². The van der Waals surface area contributed by atoms with Gasteiger partial charge in [0.1, 0.15) is 10.7 Å². The summed E-state index contributed by atoms with van der Waals surface area (Å²) in [5, 5.41) is 0. The number of nitrogens with zero attached hydrogens (tertiary/aromatic N) is 1. The molecular formula is C15H12Br2N2OS. The van der Waals surface area contributed by atoms with E-state index in [-0.39, 0.29) is 0 Å². The van der Waals surface area contributed by atoms with Crippen LogP contribution in [0.4, 0.5) is 0 Å². The fourth-order valence-electron chi connectivity index (χ4n) is 2.37. The van der Waals surface area contributed by atoms with Gasteiger partial charge in [0.05, 0.1) is 10.0 Å². The minimum absolute atomic E-state index is 0.306. The van der Waals surface area contributed by atoms with E-state index >= 15 is 0 Å². The van der Waals surface area contributed by atoms with Crippen LogP contribution in [0.15, 0.2) is 33.2 Å². The van der Waals surface area contributed by atoms with Crippen LogP contribution in [0.5, 0.6) is 11.6 Å². The highest BCUT2D eigenvalue weighted by Crippen LogP contribution is 2.34. The van der Waals surface area contributed by atoms with Gasteiger partial charge in [-0.05, 0) is 65.0 Å². The van der Waals surface area contributed by atoms with Crippen molar-refractivity contribution in [3.63, 3.8) is 0 Å². The second kappa shape index (κ2) is 6.02. The first-order valence-corrected chi connectivity index (χ1v) is 8.49. The lowest BCUT2D eigenvalue weighted by Crippen LogP contribution is -2.13. The predicted octanol–water partition coefficient (Wildman–Crippen LogP) is 4.52. The van der Waals surface area contributed by atoms with Crippen molar-refractivity contribution in [3.8, 4) is 11.6 Å². The van der Waals surface area contributed by atoms with Crippen molar-refractivity contribution < 1.29 is 4.74 Å². The van der Waals surface area contributed by atoms with Crippen LogP contribution < -0.4 is 10.5 Å². The number of rotatable bonds is 3. The number of benzene rings is 1. The van der Waals surface area contributed by atoms with Crippen molar-refractivity contribution >= 4 is 49.1 Å². The normalized spacial score (nSPS) is 13.0. The fraction of sp³-hybridized carbons (Fsp3) is 0.200. The summed E-state index contributed by atoms with van der Waals surface area (Å²) in [6.45, 7) is 0. The molecular weight excluding hydrogens is 416 g/mol. The molecule has 1 aromatic heterocycles. The van der Waals surface area contributed by atoms with Gasteiger partial charge in [0.25, 0.3) is 0 Å². The Hall–Kier alpha value is -0.980. The number of ether oxygens (including phenoxy) is 1. The van der Waals surface area contributed by atoms with Gasteiger partial charge in [0.2, 0.25) is 5.88 Å². The van der Waals surface area contributed by atoms with Crippen molar-refractivity contribution in [1.29, 1.82) is 0 Å². The molecule has 0 unspecified atom stereocenters. The third-order valence-electron chi connectivity index (χ3n) is 3.38. The highest BCUT2D eigenvalue weighted by atomic mass is 79.9. The molecule has 0 amide bonds. The zero-order chi connectivity index (χ0) is 15.0. The van der Waals surface area contributed by atoms with Gasteiger partial charge in [-0.1, -0.05) is 28.1 Å². The van der Waals surface area contributed by atoms with Crippen molar-refractivity contribution in [2.75, 3.05) is 0 Å². The third-order valence-corrected chi connectivity index (χ3v) is 4.71. The number of halogens is 2. The molecule has 0 aliphatic heterocycles. The van der Waals surface area contributed by atoms with Gasteiger partial charge in [-0.25, -0.2) is 4.98 Å². The van der Waals surface area contributed by atoms with Gasteiger partial charge >= 0.3 is 0 Å². The summed E-state index contributed by atoms with van der Waals surface area (Å²) in [5.41, 5.74) is 8.82. The van der Waals surface area contributed by atoms with E-state index in [0.29, 0.717) is 22.2 Å². The maximum absolute atomic E-state index is 5.94. The smallest absolute Gasteiger partial charge is 0.229 e. The second-order valence-corrected chi connectivity index (χ2v) is 7.05. The number of pyridine rings is 1. The standard InChI is InChI=1S/C15H12Br2N2OS/c16-9-4-5-13(11(17)7-9)20-15-10(14(18)21)6-8-2-1-3-12(8)19-15/h4-7H,1-3H2,(H2,18,21). The molecule has 0 saturated heterocycles. The molecule has 21 heavy (non-hydrogen) atoms. The van der Waals surface area contributed by atoms with E-state index in [4.69, 9.17) is 22.7 Å². The number of thiocarbonyl (C=S) groups is 1. The Bertz CT molecular complexity index is 734. The molecule has 6 heteroatoms. The van der Waals surface area contributed by atoms with Crippen molar-refractivity contribution in [2.24, 2.45) is 5.73 Å². The van der Waals surface area contributed by atoms with Crippen LogP contribution in [-0.4, -0.2) is 9.97 Å². The molecule has 2 N–H and O–H groups in total. The summed E-state index contributed by atoms with van der Waals surface area (Å²) < 4.78 is 7.75. The molecule has 0 bridgehead atoms. The highest BCUT2D eigenvalue weighted by Gasteiger charge is 2.19. The van der Waals surface area contributed by atoms with E-state index in [1.165, 1.54) is 5.56 Å². The number of hydrogen-bond donors (Lipinski definition) is 1. The van der Waals surface area contributed by atoms with Crippen LogP contribution in [0.1, 0.15) is 23.2 Å². The Morgan fingerprint density at radius 1 is 1.24 bits per heavy atom. The minimum Gasteiger partial charge on any atom is -0.437 e. The Morgan fingerprint density at radius 3 is 2.76 bits per heavy atom. The van der Waals surface area contributed by atoms with E-state index < -0.39 is 0 Å². The van der Waals surface area contributed by atoms with Crippen molar-refractivity contribution in [3.05, 3.63) is 50.0 Å². The summed E-state index contributed by atoms with van der Waals surface area (Å²) in [5.74, 6) is 1.16. The lowest BCUT2D eigenvalue weighted by molar-refractivity contribution is 0.457. The zero-order valence-corrected chi connectivity index (χ0v) is 15.0. The lowest BCUT2D eigenvalue weighted by Gasteiger charge is -2.13. The van der Waals surface area contributed by atoms with Crippen molar-refractivity contribution in [2.45, 2.75) is 19.3 Å². The van der Waals surface area contributed by atoms with Gasteiger partial charge < -0.3 is 10.5 Å². The molecule has 0 fully saturated rings. The number of fused-ring (bicyclic) bond motifs is 1. The largest absolute Gasteiger partial charge is 0.437 e. The maximum atomic E-state index is 5.94. The zero-order valence-electron chi connectivity index (χ0n) is 11.0. The Labute approximate surface area is 145 Å². The first-order chi connectivity index (χ1) is 10.0. The molecule has 2 aromatic rings. The molecule has 1 aliphatic carbocycles. The van der Waals surface area contributed by atoms with Crippen LogP contribution in [0.25, 0.3) is 0 Å². The molecule has 1 aromatic carbocycles. The molecule has 0 saturated carbocycles. The predicted molar refractivity (Wildman–Crippen MR) is 94.1 cm³/mol.